The van der Waals surface area contributed by atoms with Crippen LogP contribution in [0, 0.1) is 0 Å². The van der Waals surface area contributed by atoms with Gasteiger partial charge in [0.15, 0.2) is 17.5 Å². The van der Waals surface area contributed by atoms with Crippen LogP contribution in [0.15, 0.2) is 182 Å². The molecular formula is C45H30N4. The quantitative estimate of drug-likeness (QED) is 0.183. The second-order valence-corrected chi connectivity index (χ2v) is 11.6. The fraction of sp³-hybridized carbons (Fsp3) is 0. The predicted octanol–water partition coefficient (Wildman–Crippen LogP) is 11.3. The van der Waals surface area contributed by atoms with Crippen LogP contribution < -0.4 is 0 Å². The zero-order valence-corrected chi connectivity index (χ0v) is 26.1. The summed E-state index contributed by atoms with van der Waals surface area (Å²) < 4.78 is 65.7. The van der Waals surface area contributed by atoms with Crippen molar-refractivity contribution in [1.82, 2.24) is 19.5 Å². The topological polar surface area (TPSA) is 43.6 Å². The lowest BCUT2D eigenvalue weighted by molar-refractivity contribution is 1.07. The van der Waals surface area contributed by atoms with Gasteiger partial charge in [0.25, 0.3) is 0 Å². The average molecular weight is 634 g/mol. The molecule has 0 fully saturated rings. The van der Waals surface area contributed by atoms with E-state index < -0.39 is 12.1 Å². The van der Waals surface area contributed by atoms with Crippen molar-refractivity contribution in [3.05, 3.63) is 182 Å². The predicted molar refractivity (Wildman–Crippen MR) is 201 cm³/mol. The molecule has 0 bridgehead atoms. The number of fused-ring (bicyclic) bond motifs is 3. The number of hydrogen-bond acceptors (Lipinski definition) is 3. The number of aromatic nitrogens is 4. The van der Waals surface area contributed by atoms with E-state index in [0.717, 1.165) is 22.3 Å². The van der Waals surface area contributed by atoms with E-state index in [-0.39, 0.29) is 63.4 Å². The Hall–Kier alpha value is -6.65. The highest BCUT2D eigenvalue weighted by atomic mass is 15.0. The van der Waals surface area contributed by atoms with Crippen LogP contribution in [0.25, 0.3) is 83.9 Å². The van der Waals surface area contributed by atoms with Gasteiger partial charge in [0.2, 0.25) is 0 Å². The molecule has 2 aromatic heterocycles. The second kappa shape index (κ2) is 12.2. The largest absolute Gasteiger partial charge is 0.309 e. The molecule has 0 saturated heterocycles. The molecular weight excluding hydrogens is 597 g/mol. The van der Waals surface area contributed by atoms with E-state index in [1.54, 1.807) is 10.6 Å². The number of para-hydroxylation sites is 1. The lowest BCUT2D eigenvalue weighted by Gasteiger charge is -2.11. The fourth-order valence-electron chi connectivity index (χ4n) is 6.12. The first-order valence-electron chi connectivity index (χ1n) is 19.4. The SMILES string of the molecule is [2H]c1c([2H])c([2H])c2c(c1[2H])c1c([2H])c(-c3nc(-c4ccccc4)nc(-c4ccc(-c5ccccc5)cc4)n3)c([2H])c([2H])c1n2-c1cccc(-c2ccccc2)c1. The molecule has 9 rings (SSSR count). The number of rotatable bonds is 6. The van der Waals surface area contributed by atoms with E-state index in [9.17, 15) is 4.11 Å². The fourth-order valence-corrected chi connectivity index (χ4v) is 6.12. The summed E-state index contributed by atoms with van der Waals surface area (Å²) in [5, 5.41) is 0.175. The summed E-state index contributed by atoms with van der Waals surface area (Å²) in [6, 6.07) is 41.8. The Kier molecular flexibility index (Phi) is 5.47. The van der Waals surface area contributed by atoms with E-state index in [1.165, 1.54) is 0 Å². The average Bonchev–Trinajstić information content (AvgIpc) is 3.62. The minimum Gasteiger partial charge on any atom is -0.309 e. The monoisotopic (exact) mass is 633 g/mol. The highest BCUT2D eigenvalue weighted by Crippen LogP contribution is 2.36. The second-order valence-electron chi connectivity index (χ2n) is 11.6. The minimum atomic E-state index is -0.463. The molecule has 0 N–H and O–H groups in total. The van der Waals surface area contributed by atoms with Gasteiger partial charge in [-0.1, -0.05) is 146 Å². The molecule has 7 aromatic carbocycles. The molecule has 9 aromatic rings. The van der Waals surface area contributed by atoms with Gasteiger partial charge < -0.3 is 4.57 Å². The summed E-state index contributed by atoms with van der Waals surface area (Å²) in [4.78, 5) is 14.4. The third-order valence-corrected chi connectivity index (χ3v) is 8.51. The van der Waals surface area contributed by atoms with Crippen LogP contribution >= 0.6 is 0 Å². The van der Waals surface area contributed by atoms with Crippen LogP contribution in [0.2, 0.25) is 0 Å². The first-order valence-corrected chi connectivity index (χ1v) is 15.9. The Bertz CT molecular complexity index is 2970. The van der Waals surface area contributed by atoms with E-state index in [2.05, 4.69) is 0 Å². The van der Waals surface area contributed by atoms with Crippen molar-refractivity contribution in [2.45, 2.75) is 0 Å². The maximum Gasteiger partial charge on any atom is 0.164 e. The highest BCUT2D eigenvalue weighted by Gasteiger charge is 2.17. The van der Waals surface area contributed by atoms with Crippen LogP contribution in [0.4, 0.5) is 0 Å². The van der Waals surface area contributed by atoms with E-state index >= 15 is 0 Å². The molecule has 0 spiro atoms. The van der Waals surface area contributed by atoms with Gasteiger partial charge in [0.1, 0.15) is 0 Å². The molecule has 0 saturated carbocycles. The maximum absolute atomic E-state index is 9.74. The number of benzene rings is 7. The van der Waals surface area contributed by atoms with Crippen LogP contribution in [-0.2, 0) is 0 Å². The third kappa shape index (κ3) is 5.35. The summed E-state index contributed by atoms with van der Waals surface area (Å²) in [6.45, 7) is 0. The van der Waals surface area contributed by atoms with Gasteiger partial charge in [-0.2, -0.15) is 0 Å². The third-order valence-electron chi connectivity index (χ3n) is 8.51. The van der Waals surface area contributed by atoms with Crippen molar-refractivity contribution in [3.63, 3.8) is 0 Å². The van der Waals surface area contributed by atoms with E-state index in [1.807, 2.05) is 133 Å². The molecule has 4 nitrogen and oxygen atoms in total. The molecule has 2 heterocycles. The van der Waals surface area contributed by atoms with Crippen LogP contribution in [0.5, 0.6) is 0 Å². The van der Waals surface area contributed by atoms with E-state index in [4.69, 9.17) is 20.4 Å². The van der Waals surface area contributed by atoms with Gasteiger partial charge in [-0.05, 0) is 58.6 Å². The van der Waals surface area contributed by atoms with Crippen molar-refractivity contribution in [2.24, 2.45) is 0 Å². The van der Waals surface area contributed by atoms with Gasteiger partial charge in [-0.15, -0.1) is 0 Å². The molecule has 0 aliphatic rings. The standard InChI is InChI=1S/C45H30N4/c1-4-13-31(14-5-1)33-23-25-35(26-24-33)44-46-43(34-17-8-3-9-18-34)47-45(48-44)37-27-28-42-40(30-37)39-21-10-11-22-41(39)49(42)38-20-12-19-36(29-38)32-15-6-2-7-16-32/h1-30H/i10D,11D,21D,22D,27D,28D,30D. The molecule has 0 atom stereocenters. The molecule has 230 valence electrons. The number of hydrogen-bond donors (Lipinski definition) is 0. The normalized spacial score (nSPS) is 13.3. The molecule has 0 radical (unpaired) electrons. The molecule has 0 unspecified atom stereocenters. The van der Waals surface area contributed by atoms with Crippen molar-refractivity contribution < 1.29 is 9.60 Å². The van der Waals surface area contributed by atoms with Gasteiger partial charge in [-0.3, -0.25) is 0 Å². The Morgan fingerprint density at radius 1 is 0.388 bits per heavy atom. The Morgan fingerprint density at radius 2 is 0.878 bits per heavy atom. The van der Waals surface area contributed by atoms with Crippen molar-refractivity contribution >= 4 is 21.8 Å². The van der Waals surface area contributed by atoms with E-state index in [0.29, 0.717) is 28.5 Å². The summed E-state index contributed by atoms with van der Waals surface area (Å²) in [5.41, 5.74) is 5.90. The zero-order valence-electron chi connectivity index (χ0n) is 33.1. The molecule has 4 heteroatoms. The first-order chi connectivity index (χ1) is 27.2. The molecule has 0 amide bonds. The molecule has 0 aliphatic carbocycles. The molecule has 0 aliphatic heterocycles. The van der Waals surface area contributed by atoms with Gasteiger partial charge >= 0.3 is 0 Å². The maximum atomic E-state index is 9.74. The van der Waals surface area contributed by atoms with Crippen LogP contribution in [-0.4, -0.2) is 19.5 Å². The lowest BCUT2D eigenvalue weighted by Crippen LogP contribution is -2.00. The van der Waals surface area contributed by atoms with Crippen LogP contribution in [0.3, 0.4) is 0 Å². The highest BCUT2D eigenvalue weighted by molar-refractivity contribution is 6.10. The zero-order chi connectivity index (χ0) is 38.7. The summed E-state index contributed by atoms with van der Waals surface area (Å²) in [5.74, 6) is 0.616. The summed E-state index contributed by atoms with van der Waals surface area (Å²) in [7, 11) is 0. The Labute approximate surface area is 294 Å². The Morgan fingerprint density at radius 3 is 1.55 bits per heavy atom. The van der Waals surface area contributed by atoms with Crippen molar-refractivity contribution in [3.8, 4) is 62.1 Å². The van der Waals surface area contributed by atoms with Crippen molar-refractivity contribution in [1.29, 1.82) is 0 Å². The summed E-state index contributed by atoms with van der Waals surface area (Å²) >= 11 is 0. The van der Waals surface area contributed by atoms with Gasteiger partial charge in [-0.25, -0.2) is 15.0 Å². The first kappa shape index (κ1) is 22.0. The van der Waals surface area contributed by atoms with Crippen molar-refractivity contribution in [2.75, 3.05) is 0 Å². The Balaban J connectivity index is 1.33. The van der Waals surface area contributed by atoms with Crippen LogP contribution in [0.1, 0.15) is 9.60 Å². The van der Waals surface area contributed by atoms with Gasteiger partial charge in [0, 0.05) is 33.2 Å². The smallest absolute Gasteiger partial charge is 0.164 e. The number of nitrogens with zero attached hydrogens (tertiary/aromatic N) is 4. The lowest BCUT2D eigenvalue weighted by atomic mass is 10.0. The summed E-state index contributed by atoms with van der Waals surface area (Å²) in [6.07, 6.45) is 0. The minimum absolute atomic E-state index is 0.000741. The van der Waals surface area contributed by atoms with Gasteiger partial charge in [0.05, 0.1) is 20.6 Å². The molecule has 49 heavy (non-hydrogen) atoms.